The first-order chi connectivity index (χ1) is 15.0. The fourth-order valence-electron chi connectivity index (χ4n) is 3.74. The first-order valence-electron chi connectivity index (χ1n) is 9.72. The van der Waals surface area contributed by atoms with Crippen LogP contribution in [0.15, 0.2) is 84.4 Å². The fourth-order valence-corrected chi connectivity index (χ4v) is 3.74. The molecule has 156 valence electrons. The first-order valence-corrected chi connectivity index (χ1v) is 9.72. The van der Waals surface area contributed by atoms with Crippen molar-refractivity contribution in [3.63, 3.8) is 0 Å². The Kier molecular flexibility index (Phi) is 5.54. The second kappa shape index (κ2) is 8.44. The molecule has 1 saturated heterocycles. The summed E-state index contributed by atoms with van der Waals surface area (Å²) in [6, 6.07) is 20.6. The van der Waals surface area contributed by atoms with Crippen LogP contribution in [0, 0.1) is 5.82 Å². The third kappa shape index (κ3) is 3.92. The number of Topliss-reactive ketones (excluding diaryl/α,β-unsaturated/α-hetero) is 1. The number of amides is 1. The van der Waals surface area contributed by atoms with E-state index in [1.54, 1.807) is 24.3 Å². The molecule has 1 N–H and O–H groups in total. The normalized spacial score (nSPS) is 17.7. The molecule has 0 radical (unpaired) electrons. The van der Waals surface area contributed by atoms with Crippen molar-refractivity contribution in [2.24, 2.45) is 0 Å². The number of ketones is 1. The molecule has 1 aliphatic heterocycles. The largest absolute Gasteiger partial charge is 0.507 e. The molecule has 1 amide bonds. The second-order valence-electron chi connectivity index (χ2n) is 7.20. The third-order valence-corrected chi connectivity index (χ3v) is 5.26. The second-order valence-corrected chi connectivity index (χ2v) is 7.20. The molecule has 1 fully saturated rings. The smallest absolute Gasteiger partial charge is 0.295 e. The van der Waals surface area contributed by atoms with E-state index in [2.05, 4.69) is 0 Å². The topological polar surface area (TPSA) is 66.8 Å². The van der Waals surface area contributed by atoms with Crippen LogP contribution in [0.3, 0.4) is 0 Å². The lowest BCUT2D eigenvalue weighted by Crippen LogP contribution is -2.29. The monoisotopic (exact) mass is 417 g/mol. The van der Waals surface area contributed by atoms with Crippen molar-refractivity contribution in [1.82, 2.24) is 4.90 Å². The summed E-state index contributed by atoms with van der Waals surface area (Å²) in [5.41, 5.74) is 1.69. The molecule has 6 heteroatoms. The van der Waals surface area contributed by atoms with Gasteiger partial charge in [-0.1, -0.05) is 42.5 Å². The molecule has 0 bridgehead atoms. The van der Waals surface area contributed by atoms with E-state index in [4.69, 9.17) is 4.74 Å². The molecule has 1 heterocycles. The summed E-state index contributed by atoms with van der Waals surface area (Å²) in [7, 11) is 1.53. The zero-order valence-corrected chi connectivity index (χ0v) is 16.8. The Labute approximate surface area is 179 Å². The number of benzene rings is 3. The zero-order valence-electron chi connectivity index (χ0n) is 16.8. The molecule has 3 aromatic rings. The van der Waals surface area contributed by atoms with Gasteiger partial charge < -0.3 is 14.7 Å². The fraction of sp³-hybridized carbons (Fsp3) is 0.120. The van der Waals surface area contributed by atoms with Crippen LogP contribution in [-0.4, -0.2) is 28.8 Å². The molecule has 4 rings (SSSR count). The maximum atomic E-state index is 13.4. The van der Waals surface area contributed by atoms with Gasteiger partial charge in [0.1, 0.15) is 17.3 Å². The van der Waals surface area contributed by atoms with Crippen LogP contribution in [0.5, 0.6) is 5.75 Å². The highest BCUT2D eigenvalue weighted by Gasteiger charge is 2.46. The highest BCUT2D eigenvalue weighted by atomic mass is 19.1. The van der Waals surface area contributed by atoms with Crippen LogP contribution < -0.4 is 4.74 Å². The Bertz CT molecular complexity index is 1160. The standard InChI is InChI=1S/C25H20FNO4/c1-31-20-9-5-8-18(14-20)22-21(23(28)17-10-12-19(26)13-11-17)24(29)25(30)27(22)15-16-6-3-2-4-7-16/h2-14,22,28H,15H2,1H3. The van der Waals surface area contributed by atoms with Gasteiger partial charge in [-0.2, -0.15) is 0 Å². The maximum absolute atomic E-state index is 13.4. The van der Waals surface area contributed by atoms with Crippen molar-refractivity contribution in [2.45, 2.75) is 12.6 Å². The molecule has 0 saturated carbocycles. The molecule has 1 atom stereocenters. The Morgan fingerprint density at radius 1 is 1.00 bits per heavy atom. The summed E-state index contributed by atoms with van der Waals surface area (Å²) in [5, 5.41) is 11.0. The van der Waals surface area contributed by atoms with Crippen LogP contribution in [0.1, 0.15) is 22.7 Å². The lowest BCUT2D eigenvalue weighted by atomic mass is 9.95. The van der Waals surface area contributed by atoms with Crippen molar-refractivity contribution >= 4 is 17.4 Å². The quantitative estimate of drug-likeness (QED) is 0.378. The van der Waals surface area contributed by atoms with Crippen LogP contribution in [-0.2, 0) is 16.1 Å². The number of rotatable bonds is 5. The van der Waals surface area contributed by atoms with E-state index in [1.165, 1.54) is 36.3 Å². The van der Waals surface area contributed by atoms with E-state index in [-0.39, 0.29) is 23.4 Å². The Morgan fingerprint density at radius 2 is 1.71 bits per heavy atom. The zero-order chi connectivity index (χ0) is 22.0. The minimum Gasteiger partial charge on any atom is -0.507 e. The lowest BCUT2D eigenvalue weighted by molar-refractivity contribution is -0.140. The average Bonchev–Trinajstić information content (AvgIpc) is 3.05. The van der Waals surface area contributed by atoms with Crippen LogP contribution >= 0.6 is 0 Å². The van der Waals surface area contributed by atoms with Gasteiger partial charge in [0.15, 0.2) is 0 Å². The van der Waals surface area contributed by atoms with Gasteiger partial charge in [-0.15, -0.1) is 0 Å². The molecular formula is C25H20FNO4. The number of nitrogens with zero attached hydrogens (tertiary/aromatic N) is 1. The number of carbonyl (C=O) groups is 2. The Morgan fingerprint density at radius 3 is 2.39 bits per heavy atom. The number of ether oxygens (including phenoxy) is 1. The van der Waals surface area contributed by atoms with Crippen molar-refractivity contribution in [3.8, 4) is 5.75 Å². The summed E-state index contributed by atoms with van der Waals surface area (Å²) >= 11 is 0. The minimum absolute atomic E-state index is 0.0409. The van der Waals surface area contributed by atoms with Gasteiger partial charge in [0, 0.05) is 12.1 Å². The molecule has 0 aromatic heterocycles. The number of methoxy groups -OCH3 is 1. The van der Waals surface area contributed by atoms with E-state index < -0.39 is 23.5 Å². The maximum Gasteiger partial charge on any atom is 0.295 e. The van der Waals surface area contributed by atoms with Gasteiger partial charge in [-0.25, -0.2) is 4.39 Å². The van der Waals surface area contributed by atoms with Crippen molar-refractivity contribution in [3.05, 3.63) is 107 Å². The number of halogens is 1. The minimum atomic E-state index is -0.819. The van der Waals surface area contributed by atoms with Crippen molar-refractivity contribution < 1.29 is 23.8 Å². The molecule has 31 heavy (non-hydrogen) atoms. The van der Waals surface area contributed by atoms with Gasteiger partial charge in [-0.3, -0.25) is 9.59 Å². The molecular weight excluding hydrogens is 397 g/mol. The average molecular weight is 417 g/mol. The van der Waals surface area contributed by atoms with Crippen LogP contribution in [0.4, 0.5) is 4.39 Å². The van der Waals surface area contributed by atoms with Gasteiger partial charge in [0.2, 0.25) is 0 Å². The van der Waals surface area contributed by atoms with Gasteiger partial charge in [-0.05, 0) is 47.5 Å². The summed E-state index contributed by atoms with van der Waals surface area (Å²) in [6.45, 7) is 0.188. The number of aliphatic hydroxyl groups excluding tert-OH is 1. The predicted molar refractivity (Wildman–Crippen MR) is 114 cm³/mol. The van der Waals surface area contributed by atoms with Crippen molar-refractivity contribution in [2.75, 3.05) is 7.11 Å². The molecule has 1 unspecified atom stereocenters. The number of aliphatic hydroxyl groups is 1. The van der Waals surface area contributed by atoms with E-state index in [0.717, 1.165) is 5.56 Å². The van der Waals surface area contributed by atoms with E-state index in [1.807, 2.05) is 30.3 Å². The summed E-state index contributed by atoms with van der Waals surface area (Å²) in [6.07, 6.45) is 0. The van der Waals surface area contributed by atoms with E-state index >= 15 is 0 Å². The van der Waals surface area contributed by atoms with Gasteiger partial charge in [0.25, 0.3) is 11.7 Å². The molecule has 1 aliphatic rings. The van der Waals surface area contributed by atoms with E-state index in [0.29, 0.717) is 11.3 Å². The molecule has 0 spiro atoms. The highest BCUT2D eigenvalue weighted by molar-refractivity contribution is 6.46. The van der Waals surface area contributed by atoms with E-state index in [9.17, 15) is 19.1 Å². The van der Waals surface area contributed by atoms with Gasteiger partial charge in [0.05, 0.1) is 18.7 Å². The van der Waals surface area contributed by atoms with Crippen LogP contribution in [0.25, 0.3) is 5.76 Å². The number of hydrogen-bond donors (Lipinski definition) is 1. The van der Waals surface area contributed by atoms with Crippen LogP contribution in [0.2, 0.25) is 0 Å². The highest BCUT2D eigenvalue weighted by Crippen LogP contribution is 2.41. The van der Waals surface area contributed by atoms with Gasteiger partial charge >= 0.3 is 0 Å². The SMILES string of the molecule is COc1cccc(C2C(=C(O)c3ccc(F)cc3)C(=O)C(=O)N2Cc2ccccc2)c1. The third-order valence-electron chi connectivity index (χ3n) is 5.26. The molecule has 0 aliphatic carbocycles. The summed E-state index contributed by atoms with van der Waals surface area (Å²) in [5.74, 6) is -1.75. The summed E-state index contributed by atoms with van der Waals surface area (Å²) < 4.78 is 18.7. The number of carbonyl (C=O) groups excluding carboxylic acids is 2. The number of likely N-dealkylation sites (tertiary alicyclic amines) is 1. The lowest BCUT2D eigenvalue weighted by Gasteiger charge is -2.25. The number of hydrogen-bond acceptors (Lipinski definition) is 4. The predicted octanol–water partition coefficient (Wildman–Crippen LogP) is 4.46. The Balaban J connectivity index is 1.87. The summed E-state index contributed by atoms with van der Waals surface area (Å²) in [4.78, 5) is 27.4. The van der Waals surface area contributed by atoms with Crippen molar-refractivity contribution in [1.29, 1.82) is 0 Å². The molecule has 3 aromatic carbocycles. The Hall–Kier alpha value is -3.93. The molecule has 5 nitrogen and oxygen atoms in total. The first kappa shape index (κ1) is 20.3.